The number of hydrogen-bond acceptors (Lipinski definition) is 10. The van der Waals surface area contributed by atoms with Gasteiger partial charge in [-0.1, -0.05) is 60.0 Å². The molecule has 2 aromatic heterocycles. The number of Topliss-reactive ketones (excluding diaryl/α,β-unsaturated/α-hetero) is 2. The molecule has 2 aliphatic rings. The largest absolute Gasteiger partial charge is 0.325 e. The lowest BCUT2D eigenvalue weighted by Gasteiger charge is -2.14. The van der Waals surface area contributed by atoms with Gasteiger partial charge in [-0.15, -0.1) is 23.5 Å². The van der Waals surface area contributed by atoms with Gasteiger partial charge < -0.3 is 10.6 Å². The molecule has 6 rings (SSSR count). The highest BCUT2D eigenvalue weighted by molar-refractivity contribution is 8.00. The minimum absolute atomic E-state index is 0.0187. The number of nitrogens with one attached hydrogen (secondary N) is 4. The molecule has 0 radical (unpaired) electrons. The monoisotopic (exact) mass is 774 g/mol. The van der Waals surface area contributed by atoms with Gasteiger partial charge in [0.25, 0.3) is 0 Å². The summed E-state index contributed by atoms with van der Waals surface area (Å²) in [6.07, 6.45) is 14.9. The molecule has 0 aliphatic heterocycles. The van der Waals surface area contributed by atoms with Crippen LogP contribution in [0.2, 0.25) is 5.02 Å². The summed E-state index contributed by atoms with van der Waals surface area (Å²) in [6.45, 7) is 0. The van der Waals surface area contributed by atoms with Crippen molar-refractivity contribution in [2.24, 2.45) is 11.8 Å². The molecule has 4 amide bonds. The second-order valence-electron chi connectivity index (χ2n) is 11.6. The van der Waals surface area contributed by atoms with E-state index in [4.69, 9.17) is 11.6 Å². The summed E-state index contributed by atoms with van der Waals surface area (Å²) in [4.78, 5) is 58.1. The standard InChI is InChI=1S/C17H18ClN3O2S2.C17H18FN3O2S2/c2*1-24-14-9-19-17(25-14)21-16(23)20-13-7-6-11(18)8-12(13)15(22)10-4-2-3-5-10/h2*6-10H,2-5H2,1H3,(H2,19,20,21,23). The molecule has 264 valence electrons. The molecule has 10 nitrogen and oxygen atoms in total. The van der Waals surface area contributed by atoms with Gasteiger partial charge in [0.05, 0.1) is 32.2 Å². The highest BCUT2D eigenvalue weighted by Crippen LogP contribution is 2.33. The number of thioether (sulfide) groups is 2. The van der Waals surface area contributed by atoms with Gasteiger partial charge in [0.1, 0.15) is 5.82 Å². The van der Waals surface area contributed by atoms with Crippen molar-refractivity contribution in [1.82, 2.24) is 9.97 Å². The molecule has 50 heavy (non-hydrogen) atoms. The van der Waals surface area contributed by atoms with Gasteiger partial charge in [-0.2, -0.15) is 0 Å². The maximum atomic E-state index is 13.6. The fraction of sp³-hybridized carbons (Fsp3) is 0.353. The van der Waals surface area contributed by atoms with Crippen molar-refractivity contribution in [2.75, 3.05) is 33.8 Å². The highest BCUT2D eigenvalue weighted by atomic mass is 35.5. The summed E-state index contributed by atoms with van der Waals surface area (Å²) >= 11 is 11.9. The quantitative estimate of drug-likeness (QED) is 0.0921. The van der Waals surface area contributed by atoms with E-state index in [-0.39, 0.29) is 29.0 Å². The van der Waals surface area contributed by atoms with Gasteiger partial charge >= 0.3 is 12.1 Å². The van der Waals surface area contributed by atoms with Crippen molar-refractivity contribution in [3.63, 3.8) is 0 Å². The number of benzene rings is 2. The average molecular weight is 775 g/mol. The van der Waals surface area contributed by atoms with Crippen molar-refractivity contribution >= 4 is 103 Å². The summed E-state index contributed by atoms with van der Waals surface area (Å²) < 4.78 is 15.6. The third kappa shape index (κ3) is 10.3. The first-order chi connectivity index (χ1) is 24.1. The number of urea groups is 2. The smallest absolute Gasteiger partial charge is 0.307 e. The number of amides is 4. The van der Waals surface area contributed by atoms with Crippen LogP contribution in [0.25, 0.3) is 0 Å². The maximum absolute atomic E-state index is 13.6. The summed E-state index contributed by atoms with van der Waals surface area (Å²) in [5.41, 5.74) is 1.49. The zero-order valence-corrected chi connectivity index (χ0v) is 31.4. The number of carbonyl (C=O) groups is 4. The van der Waals surface area contributed by atoms with Crippen LogP contribution in [0.1, 0.15) is 72.1 Å². The number of thiazole rings is 2. The molecule has 16 heteroatoms. The van der Waals surface area contributed by atoms with E-state index >= 15 is 0 Å². The Morgan fingerprint density at radius 3 is 1.58 bits per heavy atom. The molecular weight excluding hydrogens is 739 g/mol. The van der Waals surface area contributed by atoms with Gasteiger partial charge in [0, 0.05) is 28.0 Å². The Labute approximate surface area is 311 Å². The molecule has 0 saturated heterocycles. The van der Waals surface area contributed by atoms with Crippen molar-refractivity contribution in [3.8, 4) is 0 Å². The Morgan fingerprint density at radius 1 is 0.700 bits per heavy atom. The molecule has 2 saturated carbocycles. The van der Waals surface area contributed by atoms with Gasteiger partial charge in [0.15, 0.2) is 21.8 Å². The first-order valence-corrected chi connectivity index (χ1v) is 20.4. The van der Waals surface area contributed by atoms with Crippen LogP contribution in [0.15, 0.2) is 57.2 Å². The fourth-order valence-electron chi connectivity index (χ4n) is 5.80. The number of anilines is 4. The van der Waals surface area contributed by atoms with E-state index in [9.17, 15) is 23.6 Å². The molecule has 0 unspecified atom stereocenters. The van der Waals surface area contributed by atoms with Crippen LogP contribution in [0.4, 0.5) is 35.6 Å². The second kappa shape index (κ2) is 18.1. The number of ketones is 2. The minimum atomic E-state index is -0.505. The lowest BCUT2D eigenvalue weighted by atomic mass is 9.95. The number of halogens is 2. The zero-order valence-electron chi connectivity index (χ0n) is 27.3. The number of aromatic nitrogens is 2. The van der Waals surface area contributed by atoms with E-state index < -0.39 is 17.9 Å². The SMILES string of the molecule is CSc1cnc(NC(=O)Nc2ccc(Cl)cc2C(=O)C2CCCC2)s1.CSc1cnc(NC(=O)Nc2ccc(F)cc2C(=O)C2CCCC2)s1. The van der Waals surface area contributed by atoms with E-state index in [1.807, 2.05) is 12.5 Å². The number of carbonyl (C=O) groups excluding carboxylic acids is 4. The van der Waals surface area contributed by atoms with E-state index in [0.717, 1.165) is 59.8 Å². The van der Waals surface area contributed by atoms with Gasteiger partial charge in [-0.05, 0) is 74.6 Å². The van der Waals surface area contributed by atoms with Crippen LogP contribution in [0, 0.1) is 17.7 Å². The third-order valence-corrected chi connectivity index (χ3v) is 12.4. The lowest BCUT2D eigenvalue weighted by Crippen LogP contribution is -2.22. The molecule has 4 N–H and O–H groups in total. The summed E-state index contributed by atoms with van der Waals surface area (Å²) in [7, 11) is 0. The average Bonchev–Trinajstić information content (AvgIpc) is 3.94. The predicted molar refractivity (Wildman–Crippen MR) is 204 cm³/mol. The van der Waals surface area contributed by atoms with Gasteiger partial charge in [0.2, 0.25) is 0 Å². The van der Waals surface area contributed by atoms with Crippen molar-refractivity contribution in [3.05, 3.63) is 70.8 Å². The third-order valence-electron chi connectivity index (χ3n) is 8.25. The molecule has 2 fully saturated rings. The Balaban J connectivity index is 0.000000194. The van der Waals surface area contributed by atoms with Crippen LogP contribution >= 0.6 is 57.8 Å². The van der Waals surface area contributed by atoms with E-state index in [2.05, 4.69) is 31.2 Å². The van der Waals surface area contributed by atoms with E-state index in [1.54, 1.807) is 54.1 Å². The van der Waals surface area contributed by atoms with Gasteiger partial charge in [-0.25, -0.2) is 23.9 Å². The van der Waals surface area contributed by atoms with Crippen LogP contribution in [0.5, 0.6) is 0 Å². The Kier molecular flexibility index (Phi) is 13.7. The molecule has 4 aromatic rings. The Bertz CT molecular complexity index is 1710. The number of hydrogen-bond donors (Lipinski definition) is 4. The molecule has 0 atom stereocenters. The first-order valence-electron chi connectivity index (χ1n) is 16.0. The van der Waals surface area contributed by atoms with Crippen LogP contribution < -0.4 is 21.3 Å². The Hall–Kier alpha value is -3.50. The number of rotatable bonds is 10. The molecule has 0 spiro atoms. The summed E-state index contributed by atoms with van der Waals surface area (Å²) in [5, 5.41) is 12.2. The normalized spacial score (nSPS) is 14.5. The van der Waals surface area contributed by atoms with E-state index in [0.29, 0.717) is 32.2 Å². The van der Waals surface area contributed by atoms with Crippen LogP contribution in [-0.4, -0.2) is 46.1 Å². The predicted octanol–water partition coefficient (Wildman–Crippen LogP) is 10.6. The lowest BCUT2D eigenvalue weighted by molar-refractivity contribution is 0.0916. The van der Waals surface area contributed by atoms with Crippen LogP contribution in [-0.2, 0) is 0 Å². The molecule has 2 aliphatic carbocycles. The van der Waals surface area contributed by atoms with Crippen molar-refractivity contribution in [2.45, 2.75) is 59.8 Å². The topological polar surface area (TPSA) is 142 Å². The van der Waals surface area contributed by atoms with Gasteiger partial charge in [-0.3, -0.25) is 20.2 Å². The molecule has 2 aromatic carbocycles. The Morgan fingerprint density at radius 2 is 1.14 bits per heavy atom. The second-order valence-corrected chi connectivity index (χ2v) is 16.3. The fourth-order valence-corrected chi connectivity index (χ4v) is 8.52. The maximum Gasteiger partial charge on any atom is 0.325 e. The molecule has 2 heterocycles. The number of nitrogens with zero attached hydrogens (tertiary/aromatic N) is 2. The highest BCUT2D eigenvalue weighted by Gasteiger charge is 2.28. The summed E-state index contributed by atoms with van der Waals surface area (Å²) in [6, 6.07) is 7.89. The van der Waals surface area contributed by atoms with Crippen molar-refractivity contribution in [1.29, 1.82) is 0 Å². The first kappa shape index (κ1) is 37.7. The van der Waals surface area contributed by atoms with Crippen LogP contribution in [0.3, 0.4) is 0 Å². The minimum Gasteiger partial charge on any atom is -0.307 e. The van der Waals surface area contributed by atoms with Crippen molar-refractivity contribution < 1.29 is 23.6 Å². The molecular formula is C34H36ClFN6O4S4. The van der Waals surface area contributed by atoms with E-state index in [1.165, 1.54) is 40.9 Å². The zero-order chi connectivity index (χ0) is 35.6. The molecule has 0 bridgehead atoms. The summed E-state index contributed by atoms with van der Waals surface area (Å²) in [5.74, 6) is -0.615.